The summed E-state index contributed by atoms with van der Waals surface area (Å²) < 4.78 is 1.02. The van der Waals surface area contributed by atoms with Gasteiger partial charge in [0.05, 0.1) is 11.6 Å². The molecule has 0 aliphatic rings. The first kappa shape index (κ1) is 12.4. The van der Waals surface area contributed by atoms with Gasteiger partial charge in [-0.1, -0.05) is 40.2 Å². The second-order valence-electron chi connectivity index (χ2n) is 3.88. The fourth-order valence-corrected chi connectivity index (χ4v) is 2.06. The highest BCUT2D eigenvalue weighted by atomic mass is 79.9. The van der Waals surface area contributed by atoms with E-state index in [0.29, 0.717) is 12.0 Å². The van der Waals surface area contributed by atoms with Gasteiger partial charge in [-0.15, -0.1) is 12.3 Å². The Balaban J connectivity index is 2.49. The summed E-state index contributed by atoms with van der Waals surface area (Å²) in [5.41, 5.74) is 3.62. The molecule has 0 heterocycles. The lowest BCUT2D eigenvalue weighted by atomic mass is 9.97. The van der Waals surface area contributed by atoms with E-state index in [-0.39, 0.29) is 0 Å². The predicted molar refractivity (Wildman–Crippen MR) is 76.8 cm³/mol. The van der Waals surface area contributed by atoms with Crippen molar-refractivity contribution in [2.45, 2.75) is 6.42 Å². The lowest BCUT2D eigenvalue weighted by molar-refractivity contribution is 1.31. The molecule has 2 heteroatoms. The van der Waals surface area contributed by atoms with Crippen molar-refractivity contribution in [2.75, 3.05) is 0 Å². The molecule has 0 fully saturated rings. The first-order chi connectivity index (χ1) is 8.74. The number of nitrogens with zero attached hydrogens (tertiary/aromatic N) is 1. The quantitative estimate of drug-likeness (QED) is 0.763. The van der Waals surface area contributed by atoms with Gasteiger partial charge in [0.2, 0.25) is 0 Å². The number of hydrogen-bond donors (Lipinski definition) is 0. The molecule has 0 aromatic heterocycles. The number of benzene rings is 2. The molecule has 0 saturated carbocycles. The third kappa shape index (κ3) is 2.62. The average molecular weight is 296 g/mol. The maximum absolute atomic E-state index is 9.22. The minimum absolute atomic E-state index is 0.551. The molecule has 0 bridgehead atoms. The van der Waals surface area contributed by atoms with Gasteiger partial charge < -0.3 is 0 Å². The van der Waals surface area contributed by atoms with E-state index in [1.54, 1.807) is 0 Å². The lowest BCUT2D eigenvalue weighted by Gasteiger charge is -2.06. The normalized spacial score (nSPS) is 9.50. The van der Waals surface area contributed by atoms with Crippen molar-refractivity contribution in [3.8, 4) is 29.5 Å². The number of rotatable bonds is 2. The van der Waals surface area contributed by atoms with Crippen LogP contribution in [-0.2, 0) is 6.42 Å². The molecule has 0 aliphatic carbocycles. The minimum Gasteiger partial charge on any atom is -0.192 e. The Hall–Kier alpha value is -2.03. The first-order valence-electron chi connectivity index (χ1n) is 5.47. The molecule has 0 spiro atoms. The van der Waals surface area contributed by atoms with Gasteiger partial charge in [-0.2, -0.15) is 5.26 Å². The van der Waals surface area contributed by atoms with Crippen LogP contribution in [0.25, 0.3) is 11.1 Å². The summed E-state index contributed by atoms with van der Waals surface area (Å²) in [6.45, 7) is 0. The molecule has 0 N–H and O–H groups in total. The largest absolute Gasteiger partial charge is 0.192 e. The van der Waals surface area contributed by atoms with Crippen LogP contribution in [-0.4, -0.2) is 0 Å². The summed E-state index contributed by atoms with van der Waals surface area (Å²) in [5, 5.41) is 9.22. The average Bonchev–Trinajstić information content (AvgIpc) is 2.40. The van der Waals surface area contributed by atoms with Gasteiger partial charge in [-0.3, -0.25) is 0 Å². The Morgan fingerprint density at radius 3 is 2.44 bits per heavy atom. The van der Waals surface area contributed by atoms with Crippen molar-refractivity contribution >= 4 is 15.9 Å². The maximum atomic E-state index is 9.22. The van der Waals surface area contributed by atoms with Crippen LogP contribution >= 0.6 is 15.9 Å². The van der Waals surface area contributed by atoms with E-state index in [0.717, 1.165) is 21.2 Å². The summed E-state index contributed by atoms with van der Waals surface area (Å²) in [5.74, 6) is 2.59. The molecule has 0 unspecified atom stereocenters. The summed E-state index contributed by atoms with van der Waals surface area (Å²) in [4.78, 5) is 0. The fraction of sp³-hybridized carbons (Fsp3) is 0.0625. The van der Waals surface area contributed by atoms with Crippen LogP contribution in [0.2, 0.25) is 0 Å². The van der Waals surface area contributed by atoms with Crippen LogP contribution in [0.4, 0.5) is 0 Å². The molecule has 0 radical (unpaired) electrons. The molecule has 0 saturated heterocycles. The van der Waals surface area contributed by atoms with Crippen LogP contribution in [0.3, 0.4) is 0 Å². The Bertz CT molecular complexity index is 642. The van der Waals surface area contributed by atoms with Gasteiger partial charge >= 0.3 is 0 Å². The third-order valence-electron chi connectivity index (χ3n) is 2.67. The van der Waals surface area contributed by atoms with E-state index >= 15 is 0 Å². The van der Waals surface area contributed by atoms with E-state index in [9.17, 15) is 5.26 Å². The molecule has 1 nitrogen and oxygen atoms in total. The van der Waals surface area contributed by atoms with Gasteiger partial charge in [0.1, 0.15) is 0 Å². The highest BCUT2D eigenvalue weighted by molar-refractivity contribution is 9.10. The zero-order chi connectivity index (χ0) is 13.0. The molecule has 2 rings (SSSR count). The molecule has 0 amide bonds. The van der Waals surface area contributed by atoms with E-state index < -0.39 is 0 Å². The Labute approximate surface area is 115 Å². The molecular formula is C16H10BrN. The smallest absolute Gasteiger partial charge is 0.0998 e. The number of hydrogen-bond acceptors (Lipinski definition) is 1. The predicted octanol–water partition coefficient (Wildman–Crippen LogP) is 4.16. The molecular weight excluding hydrogens is 286 g/mol. The van der Waals surface area contributed by atoms with Gasteiger partial charge in [0.25, 0.3) is 0 Å². The molecule has 0 aliphatic heterocycles. The zero-order valence-electron chi connectivity index (χ0n) is 9.65. The van der Waals surface area contributed by atoms with Crippen LogP contribution < -0.4 is 0 Å². The third-order valence-corrected chi connectivity index (χ3v) is 3.19. The van der Waals surface area contributed by atoms with E-state index in [2.05, 4.69) is 27.9 Å². The minimum atomic E-state index is 0.551. The van der Waals surface area contributed by atoms with Crippen LogP contribution in [0.1, 0.15) is 11.1 Å². The van der Waals surface area contributed by atoms with Crippen LogP contribution in [0.15, 0.2) is 46.9 Å². The Morgan fingerprint density at radius 1 is 1.11 bits per heavy atom. The SMILES string of the molecule is C#CCc1ccc(-c2ccc(Br)cc2)c(C#N)c1. The summed E-state index contributed by atoms with van der Waals surface area (Å²) in [6, 6.07) is 15.9. The highest BCUT2D eigenvalue weighted by Gasteiger charge is 2.05. The standard InChI is InChI=1S/C16H10BrN/c1-2-3-12-4-9-16(14(10-12)11-18)13-5-7-15(17)8-6-13/h1,4-10H,3H2. The summed E-state index contributed by atoms with van der Waals surface area (Å²) in [6.07, 6.45) is 5.83. The zero-order valence-corrected chi connectivity index (χ0v) is 11.2. The molecule has 2 aromatic carbocycles. The number of halogens is 1. The summed E-state index contributed by atoms with van der Waals surface area (Å²) in [7, 11) is 0. The van der Waals surface area contributed by atoms with Gasteiger partial charge in [-0.25, -0.2) is 0 Å². The Morgan fingerprint density at radius 2 is 1.83 bits per heavy atom. The molecule has 86 valence electrons. The van der Waals surface area contributed by atoms with E-state index in [4.69, 9.17) is 6.42 Å². The maximum Gasteiger partial charge on any atom is 0.0998 e. The van der Waals surface area contributed by atoms with Gasteiger partial charge in [-0.05, 0) is 34.9 Å². The van der Waals surface area contributed by atoms with Crippen molar-refractivity contribution in [3.63, 3.8) is 0 Å². The fourth-order valence-electron chi connectivity index (χ4n) is 1.79. The lowest BCUT2D eigenvalue weighted by Crippen LogP contribution is -1.88. The van der Waals surface area contributed by atoms with Crippen molar-refractivity contribution < 1.29 is 0 Å². The van der Waals surface area contributed by atoms with Crippen LogP contribution in [0.5, 0.6) is 0 Å². The summed E-state index contributed by atoms with van der Waals surface area (Å²) >= 11 is 3.40. The van der Waals surface area contributed by atoms with E-state index in [1.165, 1.54) is 0 Å². The van der Waals surface area contributed by atoms with Crippen molar-refractivity contribution in [1.29, 1.82) is 5.26 Å². The second-order valence-corrected chi connectivity index (χ2v) is 4.80. The molecule has 2 aromatic rings. The number of terminal acetylenes is 1. The van der Waals surface area contributed by atoms with E-state index in [1.807, 2.05) is 42.5 Å². The van der Waals surface area contributed by atoms with Crippen molar-refractivity contribution in [1.82, 2.24) is 0 Å². The van der Waals surface area contributed by atoms with Gasteiger partial charge in [0, 0.05) is 10.9 Å². The molecule has 0 atom stereocenters. The highest BCUT2D eigenvalue weighted by Crippen LogP contribution is 2.26. The first-order valence-corrected chi connectivity index (χ1v) is 6.26. The number of nitriles is 1. The second kappa shape index (κ2) is 5.54. The van der Waals surface area contributed by atoms with Crippen molar-refractivity contribution in [3.05, 3.63) is 58.1 Å². The van der Waals surface area contributed by atoms with Gasteiger partial charge in [0.15, 0.2) is 0 Å². The van der Waals surface area contributed by atoms with Crippen molar-refractivity contribution in [2.24, 2.45) is 0 Å². The van der Waals surface area contributed by atoms with Crippen LogP contribution in [0, 0.1) is 23.7 Å². The Kier molecular flexibility index (Phi) is 3.82. The topological polar surface area (TPSA) is 23.8 Å². The monoisotopic (exact) mass is 295 g/mol. The molecule has 18 heavy (non-hydrogen) atoms.